The minimum Gasteiger partial charge on any atom is -0.492 e. The van der Waals surface area contributed by atoms with Crippen LogP contribution in [0.1, 0.15) is 39.0 Å². The molecule has 37 heavy (non-hydrogen) atoms. The molecule has 200 valence electrons. The van der Waals surface area contributed by atoms with Crippen molar-refractivity contribution in [2.75, 3.05) is 19.8 Å². The Balaban J connectivity index is 1.33. The van der Waals surface area contributed by atoms with Gasteiger partial charge in [0.05, 0.1) is 15.6 Å². The van der Waals surface area contributed by atoms with Crippen LogP contribution in [0.2, 0.25) is 10.0 Å². The molecule has 3 aliphatic carbocycles. The van der Waals surface area contributed by atoms with Crippen molar-refractivity contribution in [3.05, 3.63) is 58.1 Å². The van der Waals surface area contributed by atoms with Gasteiger partial charge in [-0.25, -0.2) is 8.78 Å². The summed E-state index contributed by atoms with van der Waals surface area (Å²) in [6, 6.07) is 8.23. The Labute approximate surface area is 223 Å². The van der Waals surface area contributed by atoms with Gasteiger partial charge in [0.15, 0.2) is 6.61 Å². The smallest absolute Gasteiger partial charge is 0.302 e. The van der Waals surface area contributed by atoms with Gasteiger partial charge in [0.2, 0.25) is 0 Å². The first-order valence-corrected chi connectivity index (χ1v) is 12.7. The van der Waals surface area contributed by atoms with Crippen molar-refractivity contribution in [2.45, 2.75) is 56.2 Å². The molecule has 5 rings (SSSR count). The summed E-state index contributed by atoms with van der Waals surface area (Å²) in [7, 11) is 0. The monoisotopic (exact) mass is 556 g/mol. The number of hydrogen-bond donors (Lipinski definition) is 2. The number of amides is 1. The Morgan fingerprint density at radius 2 is 1.57 bits per heavy atom. The van der Waals surface area contributed by atoms with Crippen LogP contribution in [-0.4, -0.2) is 48.8 Å². The first-order chi connectivity index (χ1) is 17.6. The third-order valence-electron chi connectivity index (χ3n) is 7.01. The van der Waals surface area contributed by atoms with E-state index in [1.165, 1.54) is 31.2 Å². The van der Waals surface area contributed by atoms with Crippen LogP contribution in [-0.2, 0) is 14.3 Å². The predicted molar refractivity (Wildman–Crippen MR) is 134 cm³/mol. The predicted octanol–water partition coefficient (Wildman–Crippen LogP) is 4.82. The van der Waals surface area contributed by atoms with Gasteiger partial charge in [0, 0.05) is 37.6 Å². The van der Waals surface area contributed by atoms with Crippen molar-refractivity contribution in [1.82, 2.24) is 10.6 Å². The largest absolute Gasteiger partial charge is 0.492 e. The van der Waals surface area contributed by atoms with Crippen molar-refractivity contribution in [2.24, 2.45) is 0 Å². The zero-order chi connectivity index (χ0) is 26.6. The van der Waals surface area contributed by atoms with E-state index in [4.69, 9.17) is 37.4 Å². The van der Waals surface area contributed by atoms with E-state index in [1.807, 2.05) is 0 Å². The van der Waals surface area contributed by atoms with Crippen LogP contribution >= 0.6 is 23.2 Å². The molecule has 2 bridgehead atoms. The second kappa shape index (κ2) is 11.4. The van der Waals surface area contributed by atoms with Crippen molar-refractivity contribution in [3.8, 4) is 11.5 Å². The molecule has 2 aromatic carbocycles. The van der Waals surface area contributed by atoms with Crippen LogP contribution in [0.15, 0.2) is 36.4 Å². The third kappa shape index (κ3) is 6.64. The van der Waals surface area contributed by atoms with Gasteiger partial charge >= 0.3 is 5.97 Å². The molecule has 0 radical (unpaired) electrons. The molecule has 0 unspecified atom stereocenters. The second-order valence-electron chi connectivity index (χ2n) is 9.50. The highest BCUT2D eigenvalue weighted by molar-refractivity contribution is 6.31. The fourth-order valence-corrected chi connectivity index (χ4v) is 5.38. The Morgan fingerprint density at radius 1 is 0.973 bits per heavy atom. The summed E-state index contributed by atoms with van der Waals surface area (Å²) >= 11 is 11.4. The zero-order valence-electron chi connectivity index (χ0n) is 20.3. The molecule has 7 nitrogen and oxygen atoms in total. The first kappa shape index (κ1) is 27.4. The van der Waals surface area contributed by atoms with Gasteiger partial charge in [-0.2, -0.15) is 0 Å². The quantitative estimate of drug-likeness (QED) is 0.322. The van der Waals surface area contributed by atoms with Gasteiger partial charge in [-0.1, -0.05) is 23.2 Å². The third-order valence-corrected chi connectivity index (χ3v) is 7.62. The van der Waals surface area contributed by atoms with Gasteiger partial charge < -0.3 is 24.8 Å². The number of rotatable bonds is 10. The van der Waals surface area contributed by atoms with Crippen LogP contribution in [0.4, 0.5) is 8.78 Å². The molecule has 1 amide bonds. The molecule has 3 fully saturated rings. The molecular formula is C26H28Cl2F2N2O5. The Bertz CT molecular complexity index is 1160. The summed E-state index contributed by atoms with van der Waals surface area (Å²) in [5.74, 6) is -1.43. The lowest BCUT2D eigenvalue weighted by Crippen LogP contribution is -2.70. The number of ether oxygens (including phenoxy) is 3. The summed E-state index contributed by atoms with van der Waals surface area (Å²) < 4.78 is 44.0. The molecule has 0 heterocycles. The Hall–Kier alpha value is -2.62. The van der Waals surface area contributed by atoms with Crippen LogP contribution in [0.5, 0.6) is 11.5 Å². The maximum atomic E-state index is 13.6. The topological polar surface area (TPSA) is 85.9 Å². The highest BCUT2D eigenvalue weighted by Gasteiger charge is 2.56. The molecule has 3 saturated carbocycles. The van der Waals surface area contributed by atoms with Crippen molar-refractivity contribution in [1.29, 1.82) is 0 Å². The van der Waals surface area contributed by atoms with E-state index in [-0.39, 0.29) is 27.9 Å². The van der Waals surface area contributed by atoms with E-state index in [0.29, 0.717) is 38.2 Å². The van der Waals surface area contributed by atoms with Gasteiger partial charge in [0.1, 0.15) is 35.8 Å². The average Bonchev–Trinajstić information content (AvgIpc) is 2.85. The molecule has 2 aromatic rings. The summed E-state index contributed by atoms with van der Waals surface area (Å²) in [4.78, 5) is 24.6. The number of esters is 1. The van der Waals surface area contributed by atoms with Gasteiger partial charge in [-0.3, -0.25) is 9.59 Å². The molecule has 0 aromatic heterocycles. The van der Waals surface area contributed by atoms with Gasteiger partial charge in [-0.05, 0) is 49.9 Å². The van der Waals surface area contributed by atoms with E-state index in [9.17, 15) is 18.4 Å². The maximum absolute atomic E-state index is 13.6. The number of hydrogen-bond acceptors (Lipinski definition) is 6. The number of carbonyl (C=O) groups excluding carboxylic acids is 2. The number of fused-ring (bicyclic) bond motifs is 3. The Kier molecular flexibility index (Phi) is 8.46. The van der Waals surface area contributed by atoms with Crippen LogP contribution in [0, 0.1) is 11.6 Å². The van der Waals surface area contributed by atoms with E-state index in [1.54, 1.807) is 6.07 Å². The normalized spacial score (nSPS) is 24.4. The lowest BCUT2D eigenvalue weighted by atomic mass is 9.59. The van der Waals surface area contributed by atoms with Crippen molar-refractivity contribution in [3.63, 3.8) is 0 Å². The molecule has 1 atom stereocenters. The highest BCUT2D eigenvalue weighted by atomic mass is 35.5. The van der Waals surface area contributed by atoms with Gasteiger partial charge in [-0.15, -0.1) is 0 Å². The second-order valence-corrected chi connectivity index (χ2v) is 10.3. The van der Waals surface area contributed by atoms with Crippen molar-refractivity contribution < 1.29 is 32.6 Å². The summed E-state index contributed by atoms with van der Waals surface area (Å²) in [6.45, 7) is 1.84. The van der Waals surface area contributed by atoms with Gasteiger partial charge in [0.25, 0.3) is 5.91 Å². The summed E-state index contributed by atoms with van der Waals surface area (Å²) in [6.07, 6.45) is 2.70. The zero-order valence-corrected chi connectivity index (χ0v) is 21.8. The summed E-state index contributed by atoms with van der Waals surface area (Å²) in [5, 5.41) is 6.56. The molecule has 2 N–H and O–H groups in total. The average molecular weight is 557 g/mol. The minimum atomic E-state index is -0.710. The molecule has 3 aliphatic rings. The fraction of sp³-hybridized carbons (Fsp3) is 0.462. The molecule has 11 heteroatoms. The highest BCUT2D eigenvalue weighted by Crippen LogP contribution is 2.48. The molecule has 0 aliphatic heterocycles. The maximum Gasteiger partial charge on any atom is 0.302 e. The number of halogens is 4. The van der Waals surface area contributed by atoms with E-state index < -0.39 is 35.2 Å². The number of carbonyl (C=O) groups is 2. The lowest BCUT2D eigenvalue weighted by Gasteiger charge is -2.57. The number of nitrogens with one attached hydrogen (secondary N) is 2. The van der Waals surface area contributed by atoms with E-state index in [0.717, 1.165) is 18.9 Å². The standard InChI is InChI=1S/C26H28Cl2F2N2O5/c1-16(33)37-23-14-25(31-10-11-35-17-2-4-19(27)21(29)12-17)6-8-26(23,9-7-25)32-24(34)15-36-18-3-5-20(28)22(30)13-18/h2-5,12-13,23,31H,6-11,14-15H2,1H3,(H,32,34)/t23-,25?,26?/m0/s1. The van der Waals surface area contributed by atoms with Crippen LogP contribution < -0.4 is 20.1 Å². The first-order valence-electron chi connectivity index (χ1n) is 12.0. The molecule has 0 spiro atoms. The van der Waals surface area contributed by atoms with Crippen LogP contribution in [0.3, 0.4) is 0 Å². The van der Waals surface area contributed by atoms with E-state index in [2.05, 4.69) is 10.6 Å². The Morgan fingerprint density at radius 3 is 2.14 bits per heavy atom. The lowest BCUT2D eigenvalue weighted by molar-refractivity contribution is -0.163. The minimum absolute atomic E-state index is 0.0336. The molecular weight excluding hydrogens is 529 g/mol. The number of benzene rings is 2. The van der Waals surface area contributed by atoms with E-state index >= 15 is 0 Å². The fourth-order valence-electron chi connectivity index (χ4n) is 5.14. The van der Waals surface area contributed by atoms with Crippen molar-refractivity contribution >= 4 is 35.1 Å². The molecule has 0 saturated heterocycles. The van der Waals surface area contributed by atoms with Crippen LogP contribution in [0.25, 0.3) is 0 Å². The summed E-state index contributed by atoms with van der Waals surface area (Å²) in [5.41, 5.74) is -0.989. The SMILES string of the molecule is CC(=O)O[C@H]1CC2(NCCOc3ccc(Cl)c(F)c3)CCC1(NC(=O)COc1ccc(Cl)c(F)c1)CC2.